The highest BCUT2D eigenvalue weighted by Crippen LogP contribution is 2.55. The molecule has 1 aliphatic carbocycles. The molecule has 35 heavy (non-hydrogen) atoms. The Morgan fingerprint density at radius 1 is 1.20 bits per heavy atom. The van der Waals surface area contributed by atoms with Crippen LogP contribution in [0.1, 0.15) is 62.1 Å². The Balaban J connectivity index is 1.49. The van der Waals surface area contributed by atoms with E-state index in [1.807, 2.05) is 24.8 Å². The molecule has 1 aliphatic heterocycles. The maximum Gasteiger partial charge on any atom is 0.320 e. The lowest BCUT2D eigenvalue weighted by Crippen LogP contribution is -2.49. The minimum atomic E-state index is -0.401. The molecule has 0 radical (unpaired) electrons. The fraction of sp³-hybridized carbons (Fsp3) is 0.481. The maximum absolute atomic E-state index is 14.3. The Labute approximate surface area is 219 Å². The number of esters is 1. The molecule has 8 heteroatoms. The molecule has 1 atom stereocenters. The first-order valence-corrected chi connectivity index (χ1v) is 13.4. The van der Waals surface area contributed by atoms with Crippen molar-refractivity contribution in [1.82, 2.24) is 9.80 Å². The van der Waals surface area contributed by atoms with Crippen molar-refractivity contribution in [3.8, 4) is 0 Å². The maximum atomic E-state index is 14.3. The van der Waals surface area contributed by atoms with Gasteiger partial charge in [-0.25, -0.2) is 9.18 Å². The summed E-state index contributed by atoms with van der Waals surface area (Å²) in [6, 6.07) is 10.7. The van der Waals surface area contributed by atoms with Crippen LogP contribution in [0.3, 0.4) is 0 Å². The van der Waals surface area contributed by atoms with E-state index in [0.717, 1.165) is 23.7 Å². The quantitative estimate of drug-likeness (QED) is 0.368. The van der Waals surface area contributed by atoms with Gasteiger partial charge in [-0.3, -0.25) is 4.79 Å². The minimum absolute atomic E-state index is 0.0880. The van der Waals surface area contributed by atoms with Crippen molar-refractivity contribution in [2.75, 3.05) is 26.2 Å². The van der Waals surface area contributed by atoms with E-state index >= 15 is 0 Å². The summed E-state index contributed by atoms with van der Waals surface area (Å²) in [5.74, 6) is -0.459. The summed E-state index contributed by atoms with van der Waals surface area (Å²) >= 11 is 9.96. The van der Waals surface area contributed by atoms with Crippen LogP contribution >= 0.6 is 27.5 Å². The number of nitrogens with zero attached hydrogens (tertiary/aromatic N) is 2. The summed E-state index contributed by atoms with van der Waals surface area (Å²) in [6.07, 6.45) is 2.86. The van der Waals surface area contributed by atoms with Crippen LogP contribution < -0.4 is 0 Å². The topological polar surface area (TPSA) is 49.9 Å². The van der Waals surface area contributed by atoms with Crippen LogP contribution in [-0.4, -0.2) is 48.0 Å². The number of piperidine rings is 1. The highest BCUT2D eigenvalue weighted by atomic mass is 79.9. The van der Waals surface area contributed by atoms with E-state index in [1.54, 1.807) is 17.0 Å². The molecular weight excluding hydrogens is 535 g/mol. The molecule has 2 amide bonds. The third kappa shape index (κ3) is 5.21. The lowest BCUT2D eigenvalue weighted by atomic mass is 9.73. The third-order valence-electron chi connectivity index (χ3n) is 7.43. The Kier molecular flexibility index (Phi) is 8.06. The van der Waals surface area contributed by atoms with Gasteiger partial charge in [0.1, 0.15) is 5.82 Å². The summed E-state index contributed by atoms with van der Waals surface area (Å²) in [7, 11) is 0. The van der Waals surface area contributed by atoms with E-state index < -0.39 is 5.82 Å². The van der Waals surface area contributed by atoms with Crippen molar-refractivity contribution in [2.24, 2.45) is 0 Å². The zero-order chi connectivity index (χ0) is 25.2. The number of rotatable bonds is 6. The van der Waals surface area contributed by atoms with Crippen LogP contribution in [0.4, 0.5) is 9.18 Å². The van der Waals surface area contributed by atoms with Crippen LogP contribution in [0.5, 0.6) is 0 Å². The van der Waals surface area contributed by atoms with Crippen molar-refractivity contribution in [3.63, 3.8) is 0 Å². The van der Waals surface area contributed by atoms with Crippen LogP contribution in [0.25, 0.3) is 0 Å². The standard InChI is InChI=1S/C27H31BrClFN2O3/c1-3-31(17-20-22(29)9-6-10-23(20)30)26(34)32-13-11-27(12-14-32)16-18(15-24(33)35-4-2)19-7-5-8-21(28)25(19)27/h5-10,18H,3-4,11-17H2,1-2H3. The number of hydrogen-bond donors (Lipinski definition) is 0. The second kappa shape index (κ2) is 10.9. The van der Waals surface area contributed by atoms with Gasteiger partial charge in [-0.2, -0.15) is 0 Å². The van der Waals surface area contributed by atoms with Gasteiger partial charge in [0, 0.05) is 40.1 Å². The smallest absolute Gasteiger partial charge is 0.320 e. The molecule has 0 N–H and O–H groups in total. The van der Waals surface area contributed by atoms with E-state index in [1.165, 1.54) is 17.2 Å². The largest absolute Gasteiger partial charge is 0.466 e. The SMILES string of the molecule is CCOC(=O)CC1CC2(CCN(C(=O)N(CC)Cc3c(F)cccc3Cl)CC2)c2c(Br)cccc21. The molecule has 2 aliphatic rings. The van der Waals surface area contributed by atoms with E-state index in [2.05, 4.69) is 28.1 Å². The fourth-order valence-electron chi connectivity index (χ4n) is 5.70. The van der Waals surface area contributed by atoms with Crippen molar-refractivity contribution < 1.29 is 18.7 Å². The second-order valence-electron chi connectivity index (χ2n) is 9.38. The van der Waals surface area contributed by atoms with Gasteiger partial charge in [0.15, 0.2) is 0 Å². The third-order valence-corrected chi connectivity index (χ3v) is 8.44. The van der Waals surface area contributed by atoms with E-state index in [0.29, 0.717) is 43.2 Å². The lowest BCUT2D eigenvalue weighted by Gasteiger charge is -2.42. The molecule has 1 fully saturated rings. The Morgan fingerprint density at radius 3 is 2.57 bits per heavy atom. The zero-order valence-electron chi connectivity index (χ0n) is 20.2. The van der Waals surface area contributed by atoms with Crippen LogP contribution in [0.2, 0.25) is 5.02 Å². The summed E-state index contributed by atoms with van der Waals surface area (Å²) in [6.45, 7) is 5.90. The van der Waals surface area contributed by atoms with Crippen LogP contribution in [0.15, 0.2) is 40.9 Å². The second-order valence-corrected chi connectivity index (χ2v) is 10.6. The minimum Gasteiger partial charge on any atom is -0.466 e. The lowest BCUT2D eigenvalue weighted by molar-refractivity contribution is -0.143. The number of amides is 2. The number of ether oxygens (including phenoxy) is 1. The number of urea groups is 1. The number of benzene rings is 2. The Bertz CT molecular complexity index is 1080. The van der Waals surface area contributed by atoms with E-state index in [9.17, 15) is 14.0 Å². The van der Waals surface area contributed by atoms with Crippen LogP contribution in [0, 0.1) is 5.82 Å². The van der Waals surface area contributed by atoms with Crippen molar-refractivity contribution >= 4 is 39.5 Å². The van der Waals surface area contributed by atoms with Crippen molar-refractivity contribution in [3.05, 3.63) is 68.4 Å². The monoisotopic (exact) mass is 564 g/mol. The molecule has 2 aromatic rings. The molecule has 4 rings (SSSR count). The van der Waals surface area contributed by atoms with Gasteiger partial charge in [0.25, 0.3) is 0 Å². The number of carbonyl (C=O) groups is 2. The Hall–Kier alpha value is -2.12. The summed E-state index contributed by atoms with van der Waals surface area (Å²) in [5.41, 5.74) is 2.73. The molecule has 0 bridgehead atoms. The zero-order valence-corrected chi connectivity index (χ0v) is 22.5. The predicted octanol–water partition coefficient (Wildman–Crippen LogP) is 6.66. The highest BCUT2D eigenvalue weighted by molar-refractivity contribution is 9.10. The molecule has 188 valence electrons. The average molecular weight is 566 g/mol. The first-order chi connectivity index (χ1) is 16.8. The van der Waals surface area contributed by atoms with Gasteiger partial charge in [-0.05, 0) is 68.4 Å². The molecule has 2 aromatic carbocycles. The number of hydrogen-bond acceptors (Lipinski definition) is 3. The van der Waals surface area contributed by atoms with Gasteiger partial charge in [0.2, 0.25) is 0 Å². The van der Waals surface area contributed by atoms with Crippen LogP contribution in [-0.2, 0) is 21.5 Å². The first kappa shape index (κ1) is 26.0. The number of likely N-dealkylation sites (tertiary alicyclic amines) is 1. The van der Waals surface area contributed by atoms with Gasteiger partial charge >= 0.3 is 12.0 Å². The number of fused-ring (bicyclic) bond motifs is 2. The summed E-state index contributed by atoms with van der Waals surface area (Å²) < 4.78 is 20.6. The predicted molar refractivity (Wildman–Crippen MR) is 138 cm³/mol. The molecule has 0 aromatic heterocycles. The fourth-order valence-corrected chi connectivity index (χ4v) is 6.72. The Morgan fingerprint density at radius 2 is 1.91 bits per heavy atom. The highest BCUT2D eigenvalue weighted by Gasteiger charge is 2.47. The van der Waals surface area contributed by atoms with Gasteiger partial charge < -0.3 is 14.5 Å². The average Bonchev–Trinajstić information content (AvgIpc) is 3.13. The molecule has 1 saturated heterocycles. The molecule has 1 heterocycles. The summed E-state index contributed by atoms with van der Waals surface area (Å²) in [5, 5.41) is 0.328. The van der Waals surface area contributed by atoms with Crippen molar-refractivity contribution in [1.29, 1.82) is 0 Å². The number of halogens is 3. The first-order valence-electron chi connectivity index (χ1n) is 12.2. The van der Waals surface area contributed by atoms with E-state index in [4.69, 9.17) is 16.3 Å². The van der Waals surface area contributed by atoms with Gasteiger partial charge in [0.05, 0.1) is 19.6 Å². The molecule has 1 unspecified atom stereocenters. The van der Waals surface area contributed by atoms with E-state index in [-0.39, 0.29) is 29.9 Å². The normalized spacial score (nSPS) is 18.4. The molecule has 5 nitrogen and oxygen atoms in total. The molecule has 1 spiro atoms. The van der Waals surface area contributed by atoms with Crippen molar-refractivity contribution in [2.45, 2.75) is 57.4 Å². The molecular formula is C27H31BrClFN2O3. The van der Waals surface area contributed by atoms with Gasteiger partial charge in [-0.15, -0.1) is 0 Å². The molecule has 0 saturated carbocycles. The van der Waals surface area contributed by atoms with Gasteiger partial charge in [-0.1, -0.05) is 45.7 Å². The summed E-state index contributed by atoms with van der Waals surface area (Å²) in [4.78, 5) is 29.2. The number of carbonyl (C=O) groups excluding carboxylic acids is 2.